The minimum atomic E-state index is -0.624. The highest BCUT2D eigenvalue weighted by Gasteiger charge is 2.16. The maximum Gasteiger partial charge on any atom is 0.253 e. The Balaban J connectivity index is 2.55. The Bertz CT molecular complexity index is 338. The molecule has 0 spiro atoms. The third-order valence-electron chi connectivity index (χ3n) is 1.58. The van der Waals surface area contributed by atoms with Crippen molar-refractivity contribution in [2.45, 2.75) is 6.42 Å². The van der Waals surface area contributed by atoms with Gasteiger partial charge in [-0.25, -0.2) is 0 Å². The summed E-state index contributed by atoms with van der Waals surface area (Å²) in [4.78, 5) is 21.3. The highest BCUT2D eigenvalue weighted by molar-refractivity contribution is 5.71. The Morgan fingerprint density at radius 1 is 1.33 bits per heavy atom. The van der Waals surface area contributed by atoms with Crippen LogP contribution in [0.3, 0.4) is 0 Å². The topological polar surface area (TPSA) is 92.4 Å². The van der Waals surface area contributed by atoms with Crippen LogP contribution in [0.15, 0.2) is 9.59 Å². The van der Waals surface area contributed by atoms with Crippen LogP contribution in [0.5, 0.6) is 0 Å². The zero-order chi connectivity index (χ0) is 9.14. The molecule has 0 fully saturated rings. The summed E-state index contributed by atoms with van der Waals surface area (Å²) < 4.78 is 0. The van der Waals surface area contributed by atoms with Gasteiger partial charge >= 0.3 is 0 Å². The van der Waals surface area contributed by atoms with Crippen molar-refractivity contribution >= 4 is 11.4 Å². The van der Waals surface area contributed by atoms with Gasteiger partial charge in [0.15, 0.2) is 0 Å². The lowest BCUT2D eigenvalue weighted by atomic mass is 10.2. The van der Waals surface area contributed by atoms with E-state index in [4.69, 9.17) is 10.8 Å². The van der Waals surface area contributed by atoms with Gasteiger partial charge in [-0.2, -0.15) is 0 Å². The highest BCUT2D eigenvalue weighted by Crippen LogP contribution is 2.08. The molecule has 1 rings (SSSR count). The molecule has 0 saturated carbocycles. The SMILES string of the molecule is Nc1c(NCCCO)c(=O)c1=O. The number of hydrogen-bond donors (Lipinski definition) is 3. The molecule has 0 bridgehead atoms. The van der Waals surface area contributed by atoms with Crippen molar-refractivity contribution in [2.75, 3.05) is 24.2 Å². The molecule has 66 valence electrons. The molecule has 0 aliphatic heterocycles. The van der Waals surface area contributed by atoms with E-state index in [2.05, 4.69) is 5.32 Å². The summed E-state index contributed by atoms with van der Waals surface area (Å²) >= 11 is 0. The number of hydrogen-bond acceptors (Lipinski definition) is 5. The summed E-state index contributed by atoms with van der Waals surface area (Å²) in [7, 11) is 0. The minimum Gasteiger partial charge on any atom is -0.396 e. The first kappa shape index (κ1) is 8.73. The predicted octanol–water partition coefficient (Wildman–Crippen LogP) is -1.34. The van der Waals surface area contributed by atoms with Crippen LogP contribution >= 0.6 is 0 Å². The zero-order valence-corrected chi connectivity index (χ0v) is 6.46. The molecule has 0 radical (unpaired) electrons. The molecule has 0 heterocycles. The molecule has 0 aromatic heterocycles. The summed E-state index contributed by atoms with van der Waals surface area (Å²) in [5, 5.41) is 11.1. The van der Waals surface area contributed by atoms with Crippen LogP contribution in [0.2, 0.25) is 0 Å². The van der Waals surface area contributed by atoms with Gasteiger partial charge in [-0.1, -0.05) is 0 Å². The van der Waals surface area contributed by atoms with Crippen molar-refractivity contribution < 1.29 is 5.11 Å². The second-order valence-electron chi connectivity index (χ2n) is 2.45. The lowest BCUT2D eigenvalue weighted by Gasteiger charge is -2.08. The Morgan fingerprint density at radius 3 is 2.50 bits per heavy atom. The number of nitrogen functional groups attached to an aromatic ring is 1. The Kier molecular flexibility index (Phi) is 2.44. The quantitative estimate of drug-likeness (QED) is 0.384. The molecule has 0 aliphatic carbocycles. The van der Waals surface area contributed by atoms with Gasteiger partial charge in [0.2, 0.25) is 0 Å². The summed E-state index contributed by atoms with van der Waals surface area (Å²) in [6.45, 7) is 0.494. The van der Waals surface area contributed by atoms with Crippen molar-refractivity contribution in [1.82, 2.24) is 0 Å². The number of anilines is 2. The van der Waals surface area contributed by atoms with Crippen LogP contribution in [0, 0.1) is 0 Å². The van der Waals surface area contributed by atoms with Gasteiger partial charge in [-0.15, -0.1) is 0 Å². The smallest absolute Gasteiger partial charge is 0.253 e. The van der Waals surface area contributed by atoms with Crippen LogP contribution in [-0.4, -0.2) is 18.3 Å². The molecule has 0 aliphatic rings. The van der Waals surface area contributed by atoms with E-state index in [1.807, 2.05) is 0 Å². The molecule has 1 aromatic rings. The van der Waals surface area contributed by atoms with Gasteiger partial charge < -0.3 is 16.2 Å². The highest BCUT2D eigenvalue weighted by atomic mass is 16.3. The summed E-state index contributed by atoms with van der Waals surface area (Å²) in [5.41, 5.74) is 4.22. The largest absolute Gasteiger partial charge is 0.396 e. The lowest BCUT2D eigenvalue weighted by Crippen LogP contribution is -2.37. The molecule has 12 heavy (non-hydrogen) atoms. The summed E-state index contributed by atoms with van der Waals surface area (Å²) in [5.74, 6) is 0. The Hall–Kier alpha value is -1.36. The van der Waals surface area contributed by atoms with Gasteiger partial charge in [0.25, 0.3) is 10.9 Å². The van der Waals surface area contributed by atoms with Gasteiger partial charge in [0, 0.05) is 13.2 Å². The first-order valence-corrected chi connectivity index (χ1v) is 3.62. The van der Waals surface area contributed by atoms with Crippen LogP contribution in [0.4, 0.5) is 11.4 Å². The first-order chi connectivity index (χ1) is 5.68. The van der Waals surface area contributed by atoms with Crippen LogP contribution in [0.25, 0.3) is 0 Å². The van der Waals surface area contributed by atoms with E-state index < -0.39 is 10.9 Å². The van der Waals surface area contributed by atoms with Gasteiger partial charge in [-0.05, 0) is 6.42 Å². The fraction of sp³-hybridized carbons (Fsp3) is 0.429. The summed E-state index contributed by atoms with van der Waals surface area (Å²) in [6, 6.07) is 0. The number of nitrogens with one attached hydrogen (secondary N) is 1. The van der Waals surface area contributed by atoms with Gasteiger partial charge in [-0.3, -0.25) is 9.59 Å². The van der Waals surface area contributed by atoms with Gasteiger partial charge in [0.1, 0.15) is 11.4 Å². The molecular weight excluding hydrogens is 160 g/mol. The van der Waals surface area contributed by atoms with E-state index in [0.717, 1.165) is 0 Å². The van der Waals surface area contributed by atoms with Crippen molar-refractivity contribution in [3.8, 4) is 0 Å². The third-order valence-corrected chi connectivity index (χ3v) is 1.58. The molecule has 1 aromatic carbocycles. The van der Waals surface area contributed by atoms with E-state index in [-0.39, 0.29) is 18.0 Å². The number of rotatable bonds is 4. The standard InChI is InChI=1S/C7H10N2O3/c8-4-5(7(12)6(4)11)9-2-1-3-10/h9-10H,1-3,8H2. The average molecular weight is 170 g/mol. The van der Waals surface area contributed by atoms with E-state index in [1.165, 1.54) is 0 Å². The fourth-order valence-electron chi connectivity index (χ4n) is 0.877. The molecule has 5 nitrogen and oxygen atoms in total. The zero-order valence-electron chi connectivity index (χ0n) is 6.46. The predicted molar refractivity (Wildman–Crippen MR) is 46.0 cm³/mol. The van der Waals surface area contributed by atoms with Crippen molar-refractivity contribution in [3.05, 3.63) is 20.4 Å². The molecule has 5 heteroatoms. The van der Waals surface area contributed by atoms with E-state index in [0.29, 0.717) is 13.0 Å². The number of aliphatic hydroxyl groups is 1. The van der Waals surface area contributed by atoms with E-state index >= 15 is 0 Å². The third kappa shape index (κ3) is 1.31. The Morgan fingerprint density at radius 2 is 2.00 bits per heavy atom. The molecule has 0 saturated heterocycles. The molecule has 0 unspecified atom stereocenters. The number of nitrogens with two attached hydrogens (primary N) is 1. The van der Waals surface area contributed by atoms with E-state index in [9.17, 15) is 9.59 Å². The van der Waals surface area contributed by atoms with Crippen molar-refractivity contribution in [1.29, 1.82) is 0 Å². The van der Waals surface area contributed by atoms with Crippen LogP contribution in [0.1, 0.15) is 6.42 Å². The fourth-order valence-corrected chi connectivity index (χ4v) is 0.877. The molecule has 0 amide bonds. The molecule has 0 atom stereocenters. The number of aliphatic hydroxyl groups excluding tert-OH is 1. The monoisotopic (exact) mass is 170 g/mol. The average Bonchev–Trinajstić information content (AvgIpc) is 2.11. The molecule has 4 N–H and O–H groups in total. The van der Waals surface area contributed by atoms with Gasteiger partial charge in [0.05, 0.1) is 0 Å². The Labute approximate surface area is 68.5 Å². The minimum absolute atomic E-state index is 0.00191. The van der Waals surface area contributed by atoms with E-state index in [1.54, 1.807) is 0 Å². The second-order valence-corrected chi connectivity index (χ2v) is 2.45. The normalized spacial score (nSPS) is 10.4. The second kappa shape index (κ2) is 3.36. The molecular formula is C7H10N2O3. The van der Waals surface area contributed by atoms with Crippen molar-refractivity contribution in [2.24, 2.45) is 0 Å². The first-order valence-electron chi connectivity index (χ1n) is 3.62. The lowest BCUT2D eigenvalue weighted by molar-refractivity contribution is 0.292. The maximum atomic E-state index is 10.8. The maximum absolute atomic E-state index is 10.8. The van der Waals surface area contributed by atoms with Crippen molar-refractivity contribution in [3.63, 3.8) is 0 Å². The summed E-state index contributed by atoms with van der Waals surface area (Å²) in [6.07, 6.45) is 0.526. The van der Waals surface area contributed by atoms with Crippen LogP contribution in [-0.2, 0) is 0 Å². The van der Waals surface area contributed by atoms with Crippen LogP contribution < -0.4 is 21.9 Å².